The summed E-state index contributed by atoms with van der Waals surface area (Å²) in [6, 6.07) is 1.18. The number of alkyl halides is 3. The van der Waals surface area contributed by atoms with Crippen LogP contribution in [0.25, 0.3) is 0 Å². The second kappa shape index (κ2) is 6.24. The molecule has 1 heterocycles. The van der Waals surface area contributed by atoms with Gasteiger partial charge in [-0.1, -0.05) is 23.4 Å². The number of carbonyl (C=O) groups is 1. The molecule has 0 bridgehead atoms. The second-order valence-electron chi connectivity index (χ2n) is 3.09. The third-order valence-corrected chi connectivity index (χ3v) is 2.76. The lowest BCUT2D eigenvalue weighted by atomic mass is 10.5. The number of aromatic nitrogens is 2. The van der Waals surface area contributed by atoms with Gasteiger partial charge < -0.3 is 5.32 Å². The van der Waals surface area contributed by atoms with Crippen molar-refractivity contribution >= 4 is 29.3 Å². The molecule has 0 fully saturated rings. The summed E-state index contributed by atoms with van der Waals surface area (Å²) in [6.45, 7) is 2.20. The first-order chi connectivity index (χ1) is 8.32. The SMILES string of the molecule is CCNC(=O)CSc1cc(Cl)nc(C(F)(F)F)n1. The Morgan fingerprint density at radius 3 is 2.72 bits per heavy atom. The Labute approximate surface area is 110 Å². The van der Waals surface area contributed by atoms with Crippen molar-refractivity contribution in [1.29, 1.82) is 0 Å². The first-order valence-electron chi connectivity index (χ1n) is 4.84. The fourth-order valence-corrected chi connectivity index (χ4v) is 1.96. The fraction of sp³-hybridized carbons (Fsp3) is 0.444. The number of nitrogens with zero attached hydrogens (tertiary/aromatic N) is 2. The summed E-state index contributed by atoms with van der Waals surface area (Å²) in [5.74, 6) is -1.63. The van der Waals surface area contributed by atoms with Gasteiger partial charge in [-0.3, -0.25) is 4.79 Å². The minimum Gasteiger partial charge on any atom is -0.356 e. The first-order valence-corrected chi connectivity index (χ1v) is 6.20. The van der Waals surface area contributed by atoms with E-state index in [1.165, 1.54) is 6.07 Å². The van der Waals surface area contributed by atoms with Crippen molar-refractivity contribution in [2.75, 3.05) is 12.3 Å². The number of rotatable bonds is 4. The van der Waals surface area contributed by atoms with E-state index >= 15 is 0 Å². The van der Waals surface area contributed by atoms with Crippen molar-refractivity contribution in [1.82, 2.24) is 15.3 Å². The summed E-state index contributed by atoms with van der Waals surface area (Å²) in [5, 5.41) is 2.22. The molecule has 0 atom stereocenters. The van der Waals surface area contributed by atoms with Crippen LogP contribution in [0.3, 0.4) is 0 Å². The van der Waals surface area contributed by atoms with E-state index in [9.17, 15) is 18.0 Å². The Hall–Kier alpha value is -1.02. The third kappa shape index (κ3) is 4.69. The van der Waals surface area contributed by atoms with Gasteiger partial charge in [0.05, 0.1) is 5.75 Å². The van der Waals surface area contributed by atoms with Gasteiger partial charge in [0.15, 0.2) is 0 Å². The second-order valence-corrected chi connectivity index (χ2v) is 4.48. The molecule has 1 amide bonds. The first kappa shape index (κ1) is 15.0. The smallest absolute Gasteiger partial charge is 0.356 e. The third-order valence-electron chi connectivity index (χ3n) is 1.65. The van der Waals surface area contributed by atoms with Crippen LogP contribution in [0.5, 0.6) is 0 Å². The van der Waals surface area contributed by atoms with Crippen molar-refractivity contribution in [3.63, 3.8) is 0 Å². The van der Waals surface area contributed by atoms with Crippen molar-refractivity contribution in [2.24, 2.45) is 0 Å². The van der Waals surface area contributed by atoms with Crippen LogP contribution < -0.4 is 5.32 Å². The van der Waals surface area contributed by atoms with Gasteiger partial charge in [-0.25, -0.2) is 9.97 Å². The van der Waals surface area contributed by atoms with Gasteiger partial charge in [0.25, 0.3) is 0 Å². The Bertz CT molecular complexity index is 442. The molecule has 1 N–H and O–H groups in total. The Balaban J connectivity index is 2.78. The molecular formula is C9H9ClF3N3OS. The van der Waals surface area contributed by atoms with Crippen molar-refractivity contribution < 1.29 is 18.0 Å². The molecule has 1 rings (SSSR count). The number of hydrogen-bond acceptors (Lipinski definition) is 4. The largest absolute Gasteiger partial charge is 0.451 e. The van der Waals surface area contributed by atoms with Gasteiger partial charge in [-0.15, -0.1) is 0 Å². The highest BCUT2D eigenvalue weighted by Gasteiger charge is 2.35. The molecule has 100 valence electrons. The quantitative estimate of drug-likeness (QED) is 0.685. The number of thioether (sulfide) groups is 1. The predicted molar refractivity (Wildman–Crippen MR) is 61.5 cm³/mol. The monoisotopic (exact) mass is 299 g/mol. The maximum absolute atomic E-state index is 12.4. The minimum atomic E-state index is -4.66. The summed E-state index contributed by atoms with van der Waals surface area (Å²) in [4.78, 5) is 17.5. The van der Waals surface area contributed by atoms with Gasteiger partial charge >= 0.3 is 6.18 Å². The number of amides is 1. The Kier molecular flexibility index (Phi) is 5.21. The zero-order chi connectivity index (χ0) is 13.8. The minimum absolute atomic E-state index is 0.00794. The lowest BCUT2D eigenvalue weighted by Crippen LogP contribution is -2.24. The van der Waals surface area contributed by atoms with Crippen LogP contribution in [0.2, 0.25) is 5.15 Å². The van der Waals surface area contributed by atoms with E-state index in [1.807, 2.05) is 0 Å². The molecule has 18 heavy (non-hydrogen) atoms. The van der Waals surface area contributed by atoms with Crippen LogP contribution in [0.1, 0.15) is 12.7 Å². The summed E-state index contributed by atoms with van der Waals surface area (Å²) in [6.07, 6.45) is -4.66. The summed E-state index contributed by atoms with van der Waals surface area (Å²) in [7, 11) is 0. The van der Waals surface area contributed by atoms with Gasteiger partial charge in [-0.05, 0) is 6.92 Å². The molecule has 0 aliphatic carbocycles. The van der Waals surface area contributed by atoms with E-state index in [4.69, 9.17) is 11.6 Å². The van der Waals surface area contributed by atoms with Gasteiger partial charge in [0.1, 0.15) is 10.2 Å². The lowest BCUT2D eigenvalue weighted by Gasteiger charge is -2.07. The number of nitrogens with one attached hydrogen (secondary N) is 1. The Morgan fingerprint density at radius 2 is 2.17 bits per heavy atom. The van der Waals surface area contributed by atoms with E-state index in [0.717, 1.165) is 11.8 Å². The van der Waals surface area contributed by atoms with Crippen LogP contribution in [0.4, 0.5) is 13.2 Å². The molecule has 0 aliphatic rings. The van der Waals surface area contributed by atoms with Gasteiger partial charge in [-0.2, -0.15) is 13.2 Å². The van der Waals surface area contributed by atoms with E-state index in [2.05, 4.69) is 15.3 Å². The molecule has 4 nitrogen and oxygen atoms in total. The standard InChI is InChI=1S/C9H9ClF3N3OS/c1-2-14-6(17)4-18-7-3-5(10)15-8(16-7)9(11,12)13/h3H,2,4H2,1H3,(H,14,17). The number of halogens is 4. The maximum atomic E-state index is 12.4. The molecule has 0 radical (unpaired) electrons. The molecule has 0 aliphatic heterocycles. The van der Waals surface area contributed by atoms with Crippen LogP contribution in [-0.2, 0) is 11.0 Å². The number of carbonyl (C=O) groups excluding carboxylic acids is 1. The molecule has 0 saturated heterocycles. The van der Waals surface area contributed by atoms with E-state index in [0.29, 0.717) is 6.54 Å². The van der Waals surface area contributed by atoms with Crippen molar-refractivity contribution in [2.45, 2.75) is 18.1 Å². The van der Waals surface area contributed by atoms with Crippen molar-refractivity contribution in [3.8, 4) is 0 Å². The lowest BCUT2D eigenvalue weighted by molar-refractivity contribution is -0.145. The van der Waals surface area contributed by atoms with Crippen LogP contribution >= 0.6 is 23.4 Å². The molecule has 0 aromatic carbocycles. The highest BCUT2D eigenvalue weighted by molar-refractivity contribution is 7.99. The van der Waals surface area contributed by atoms with Crippen LogP contribution in [0.15, 0.2) is 11.1 Å². The molecular weight excluding hydrogens is 291 g/mol. The highest BCUT2D eigenvalue weighted by Crippen LogP contribution is 2.29. The van der Waals surface area contributed by atoms with E-state index in [-0.39, 0.29) is 21.8 Å². The highest BCUT2D eigenvalue weighted by atomic mass is 35.5. The summed E-state index contributed by atoms with van der Waals surface area (Å²) in [5.41, 5.74) is 0. The zero-order valence-corrected chi connectivity index (χ0v) is 10.8. The van der Waals surface area contributed by atoms with E-state index < -0.39 is 12.0 Å². The van der Waals surface area contributed by atoms with Gasteiger partial charge in [0, 0.05) is 12.6 Å². The average Bonchev–Trinajstić information content (AvgIpc) is 2.25. The van der Waals surface area contributed by atoms with Crippen LogP contribution in [-0.4, -0.2) is 28.2 Å². The fourth-order valence-electron chi connectivity index (χ4n) is 0.985. The number of hydrogen-bond donors (Lipinski definition) is 1. The molecule has 0 unspecified atom stereocenters. The Morgan fingerprint density at radius 1 is 1.50 bits per heavy atom. The molecule has 9 heteroatoms. The summed E-state index contributed by atoms with van der Waals surface area (Å²) < 4.78 is 37.2. The average molecular weight is 300 g/mol. The predicted octanol–water partition coefficient (Wildman–Crippen LogP) is 2.38. The van der Waals surface area contributed by atoms with Crippen molar-refractivity contribution in [3.05, 3.63) is 17.0 Å². The molecule has 1 aromatic heterocycles. The molecule has 0 saturated carbocycles. The zero-order valence-electron chi connectivity index (χ0n) is 9.21. The molecule has 0 spiro atoms. The van der Waals surface area contributed by atoms with Crippen LogP contribution in [0, 0.1) is 0 Å². The van der Waals surface area contributed by atoms with Gasteiger partial charge in [0.2, 0.25) is 11.7 Å². The molecule has 1 aromatic rings. The van der Waals surface area contributed by atoms with E-state index in [1.54, 1.807) is 6.92 Å². The topological polar surface area (TPSA) is 54.9 Å². The maximum Gasteiger partial charge on any atom is 0.451 e. The summed E-state index contributed by atoms with van der Waals surface area (Å²) >= 11 is 6.33. The normalized spacial score (nSPS) is 11.4.